The summed E-state index contributed by atoms with van der Waals surface area (Å²) in [5.41, 5.74) is 0.593. The lowest BCUT2D eigenvalue weighted by Crippen LogP contribution is -2.17. The minimum absolute atomic E-state index is 0.0420. The van der Waals surface area contributed by atoms with Crippen molar-refractivity contribution < 1.29 is 9.50 Å². The third kappa shape index (κ3) is 2.91. The second-order valence-electron chi connectivity index (χ2n) is 2.49. The molecule has 2 N–H and O–H groups in total. The summed E-state index contributed by atoms with van der Waals surface area (Å²) >= 11 is 5.65. The van der Waals surface area contributed by atoms with Crippen molar-refractivity contribution in [2.24, 2.45) is 0 Å². The molecule has 0 amide bonds. The smallest absolute Gasteiger partial charge is 0.160 e. The molecule has 0 aromatic carbocycles. The lowest BCUT2D eigenvalue weighted by molar-refractivity contribution is 0.292. The molecule has 72 valence electrons. The summed E-state index contributed by atoms with van der Waals surface area (Å²) < 4.78 is 12.8. The summed E-state index contributed by atoms with van der Waals surface area (Å²) in [5, 5.41) is 11.4. The molecule has 0 saturated heterocycles. The monoisotopic (exact) mass is 204 g/mol. The number of aromatic nitrogens is 1. The summed E-state index contributed by atoms with van der Waals surface area (Å²) in [5.74, 6) is -0.523. The van der Waals surface area contributed by atoms with Crippen molar-refractivity contribution in [2.45, 2.75) is 6.54 Å². The first-order valence-corrected chi connectivity index (χ1v) is 4.23. The van der Waals surface area contributed by atoms with Crippen molar-refractivity contribution in [3.8, 4) is 0 Å². The van der Waals surface area contributed by atoms with Crippen LogP contribution in [0.2, 0.25) is 5.02 Å². The number of hydrogen-bond acceptors (Lipinski definition) is 3. The zero-order valence-electron chi connectivity index (χ0n) is 6.93. The summed E-state index contributed by atoms with van der Waals surface area (Å²) in [6.07, 6.45) is 2.56. The maximum absolute atomic E-state index is 12.8. The highest BCUT2D eigenvalue weighted by molar-refractivity contribution is 6.31. The lowest BCUT2D eigenvalue weighted by Gasteiger charge is -2.04. The molecule has 0 spiro atoms. The third-order valence-electron chi connectivity index (χ3n) is 1.51. The fourth-order valence-corrected chi connectivity index (χ4v) is 1.05. The molecule has 0 aliphatic carbocycles. The molecule has 0 atom stereocenters. The molecule has 0 aliphatic heterocycles. The van der Waals surface area contributed by atoms with Gasteiger partial charge in [0, 0.05) is 24.8 Å². The topological polar surface area (TPSA) is 45.1 Å². The Morgan fingerprint density at radius 2 is 2.31 bits per heavy atom. The van der Waals surface area contributed by atoms with Gasteiger partial charge in [0.1, 0.15) is 0 Å². The van der Waals surface area contributed by atoms with Crippen LogP contribution in [0.25, 0.3) is 0 Å². The van der Waals surface area contributed by atoms with E-state index in [0.29, 0.717) is 18.7 Å². The molecule has 3 nitrogen and oxygen atoms in total. The largest absolute Gasteiger partial charge is 0.395 e. The average Bonchev–Trinajstić information content (AvgIpc) is 2.13. The van der Waals surface area contributed by atoms with Crippen LogP contribution in [0, 0.1) is 5.82 Å². The van der Waals surface area contributed by atoms with Gasteiger partial charge in [0.2, 0.25) is 0 Å². The summed E-state index contributed by atoms with van der Waals surface area (Å²) in [6, 6.07) is 0. The molecule has 0 radical (unpaired) electrons. The van der Waals surface area contributed by atoms with Crippen molar-refractivity contribution in [3.63, 3.8) is 0 Å². The molecular weight excluding hydrogens is 195 g/mol. The highest BCUT2D eigenvalue weighted by atomic mass is 35.5. The van der Waals surface area contributed by atoms with E-state index >= 15 is 0 Å². The average molecular weight is 205 g/mol. The van der Waals surface area contributed by atoms with Crippen molar-refractivity contribution >= 4 is 11.6 Å². The molecule has 0 unspecified atom stereocenters. The van der Waals surface area contributed by atoms with Crippen LogP contribution < -0.4 is 5.32 Å². The highest BCUT2D eigenvalue weighted by Gasteiger charge is 2.05. The maximum atomic E-state index is 12.8. The number of rotatable bonds is 4. The predicted octanol–water partition coefficient (Wildman–Crippen LogP) is 0.956. The quantitative estimate of drug-likeness (QED) is 0.718. The van der Waals surface area contributed by atoms with Gasteiger partial charge in [-0.15, -0.1) is 0 Å². The van der Waals surface area contributed by atoms with Crippen LogP contribution in [0.15, 0.2) is 12.4 Å². The van der Waals surface area contributed by atoms with E-state index in [2.05, 4.69) is 10.3 Å². The van der Waals surface area contributed by atoms with E-state index in [-0.39, 0.29) is 11.6 Å². The number of aliphatic hydroxyl groups is 1. The van der Waals surface area contributed by atoms with Gasteiger partial charge in [-0.2, -0.15) is 0 Å². The number of nitrogens with zero attached hydrogens (tertiary/aromatic N) is 1. The highest BCUT2D eigenvalue weighted by Crippen LogP contribution is 2.17. The van der Waals surface area contributed by atoms with Crippen LogP contribution in [-0.4, -0.2) is 23.2 Å². The first-order valence-electron chi connectivity index (χ1n) is 3.85. The molecule has 0 fully saturated rings. The van der Waals surface area contributed by atoms with E-state index < -0.39 is 5.82 Å². The Bertz CT molecular complexity index is 283. The number of aliphatic hydroxyl groups excluding tert-OH is 1. The fraction of sp³-hybridized carbons (Fsp3) is 0.375. The Kier molecular flexibility index (Phi) is 4.08. The maximum Gasteiger partial charge on any atom is 0.160 e. The molecule has 1 heterocycles. The molecule has 0 aliphatic rings. The Hall–Kier alpha value is -0.710. The first kappa shape index (κ1) is 10.4. The van der Waals surface area contributed by atoms with E-state index in [0.717, 1.165) is 6.20 Å². The second-order valence-corrected chi connectivity index (χ2v) is 2.87. The van der Waals surface area contributed by atoms with Crippen LogP contribution in [0.5, 0.6) is 0 Å². The van der Waals surface area contributed by atoms with E-state index in [1.165, 1.54) is 6.20 Å². The normalized spacial score (nSPS) is 10.4. The number of halogens is 2. The van der Waals surface area contributed by atoms with Gasteiger partial charge in [-0.25, -0.2) is 4.39 Å². The van der Waals surface area contributed by atoms with E-state index in [1.54, 1.807) is 0 Å². The second kappa shape index (κ2) is 5.11. The van der Waals surface area contributed by atoms with E-state index in [4.69, 9.17) is 16.7 Å². The van der Waals surface area contributed by atoms with Gasteiger partial charge in [0.15, 0.2) is 5.82 Å². The molecular formula is C8H10ClFN2O. The number of nitrogens with one attached hydrogen (secondary N) is 1. The van der Waals surface area contributed by atoms with Gasteiger partial charge in [-0.05, 0) is 0 Å². The minimum Gasteiger partial charge on any atom is -0.395 e. The standard InChI is InChI=1S/C8H10ClFN2O/c9-8-6(3-11-1-2-13)4-12-5-7(8)10/h4-5,11,13H,1-3H2. The van der Waals surface area contributed by atoms with Gasteiger partial charge in [-0.1, -0.05) is 11.6 Å². The van der Waals surface area contributed by atoms with Gasteiger partial charge < -0.3 is 10.4 Å². The van der Waals surface area contributed by atoms with Crippen molar-refractivity contribution in [1.82, 2.24) is 10.3 Å². The van der Waals surface area contributed by atoms with E-state index in [1.807, 2.05) is 0 Å². The molecule has 0 bridgehead atoms. The molecule has 1 aromatic rings. The van der Waals surface area contributed by atoms with Gasteiger partial charge in [0.25, 0.3) is 0 Å². The molecule has 13 heavy (non-hydrogen) atoms. The van der Waals surface area contributed by atoms with Crippen LogP contribution in [0.1, 0.15) is 5.56 Å². The van der Waals surface area contributed by atoms with Crippen molar-refractivity contribution in [2.75, 3.05) is 13.2 Å². The molecule has 0 saturated carbocycles. The summed E-state index contributed by atoms with van der Waals surface area (Å²) in [7, 11) is 0. The van der Waals surface area contributed by atoms with E-state index in [9.17, 15) is 4.39 Å². The minimum atomic E-state index is -0.523. The first-order chi connectivity index (χ1) is 6.25. The lowest BCUT2D eigenvalue weighted by atomic mass is 10.3. The third-order valence-corrected chi connectivity index (χ3v) is 1.94. The molecule has 5 heteroatoms. The zero-order chi connectivity index (χ0) is 9.68. The SMILES string of the molecule is OCCNCc1cncc(F)c1Cl. The Balaban J connectivity index is 2.61. The Morgan fingerprint density at radius 3 is 3.00 bits per heavy atom. The fourth-order valence-electron chi connectivity index (χ4n) is 0.885. The summed E-state index contributed by atoms with van der Waals surface area (Å²) in [6.45, 7) is 0.900. The van der Waals surface area contributed by atoms with Gasteiger partial charge >= 0.3 is 0 Å². The number of pyridine rings is 1. The van der Waals surface area contributed by atoms with Crippen molar-refractivity contribution in [3.05, 3.63) is 28.8 Å². The van der Waals surface area contributed by atoms with Crippen LogP contribution in [0.3, 0.4) is 0 Å². The van der Waals surface area contributed by atoms with Crippen molar-refractivity contribution in [1.29, 1.82) is 0 Å². The number of hydrogen-bond donors (Lipinski definition) is 2. The predicted molar refractivity (Wildman–Crippen MR) is 48.0 cm³/mol. The van der Waals surface area contributed by atoms with Crippen LogP contribution in [-0.2, 0) is 6.54 Å². The Morgan fingerprint density at radius 1 is 1.54 bits per heavy atom. The molecule has 1 aromatic heterocycles. The molecule has 1 rings (SSSR count). The van der Waals surface area contributed by atoms with Gasteiger partial charge in [0.05, 0.1) is 17.8 Å². The van der Waals surface area contributed by atoms with Gasteiger partial charge in [-0.3, -0.25) is 4.98 Å². The van der Waals surface area contributed by atoms with Crippen LogP contribution in [0.4, 0.5) is 4.39 Å². The zero-order valence-corrected chi connectivity index (χ0v) is 7.68. The summed E-state index contributed by atoms with van der Waals surface area (Å²) in [4.78, 5) is 3.66. The Labute approximate surface area is 80.6 Å². The van der Waals surface area contributed by atoms with Crippen LogP contribution >= 0.6 is 11.6 Å².